The summed E-state index contributed by atoms with van der Waals surface area (Å²) >= 11 is 0. The topological polar surface area (TPSA) is 17.1 Å². The molecule has 86 valence electrons. The van der Waals surface area contributed by atoms with Gasteiger partial charge in [0.15, 0.2) is 0 Å². The van der Waals surface area contributed by atoms with E-state index in [-0.39, 0.29) is 5.92 Å². The fraction of sp³-hybridized carbons (Fsp3) is 0.533. The summed E-state index contributed by atoms with van der Waals surface area (Å²) in [7, 11) is 0. The summed E-state index contributed by atoms with van der Waals surface area (Å²) in [5.74, 6) is 0.621. The second-order valence-electron chi connectivity index (χ2n) is 4.71. The number of ketones is 1. The molecule has 1 unspecified atom stereocenters. The Morgan fingerprint density at radius 1 is 1.12 bits per heavy atom. The van der Waals surface area contributed by atoms with Crippen molar-refractivity contribution in [3.05, 3.63) is 35.4 Å². The van der Waals surface area contributed by atoms with Crippen molar-refractivity contribution in [2.45, 2.75) is 51.4 Å². The van der Waals surface area contributed by atoms with Crippen LogP contribution in [0.3, 0.4) is 0 Å². The van der Waals surface area contributed by atoms with Gasteiger partial charge in [-0.2, -0.15) is 0 Å². The van der Waals surface area contributed by atoms with E-state index in [4.69, 9.17) is 0 Å². The smallest absolute Gasteiger partial charge is 0.140 e. The summed E-state index contributed by atoms with van der Waals surface area (Å²) in [6.07, 6.45) is 6.40. The van der Waals surface area contributed by atoms with Gasteiger partial charge in [0.2, 0.25) is 0 Å². The first kappa shape index (κ1) is 11.4. The van der Waals surface area contributed by atoms with E-state index in [1.165, 1.54) is 24.0 Å². The van der Waals surface area contributed by atoms with Crippen molar-refractivity contribution in [1.29, 1.82) is 0 Å². The second kappa shape index (κ2) is 5.29. The largest absolute Gasteiger partial charge is 0.299 e. The number of hydrogen-bond acceptors (Lipinski definition) is 1. The van der Waals surface area contributed by atoms with Crippen molar-refractivity contribution in [3.8, 4) is 0 Å². The summed E-state index contributed by atoms with van der Waals surface area (Å²) in [6, 6.07) is 8.61. The van der Waals surface area contributed by atoms with Crippen LogP contribution < -0.4 is 0 Å². The zero-order chi connectivity index (χ0) is 11.4. The molecule has 0 bridgehead atoms. The standard InChI is InChI=1S/C15H20O/c1-2-12-8-10-13(11-9-12)14-6-4-3-5-7-15(14)16/h8-11,14H,2-7H2,1H3. The van der Waals surface area contributed by atoms with Crippen LogP contribution in [-0.4, -0.2) is 5.78 Å². The lowest BCUT2D eigenvalue weighted by Crippen LogP contribution is -2.10. The summed E-state index contributed by atoms with van der Waals surface area (Å²) in [6.45, 7) is 2.16. The maximum atomic E-state index is 12.0. The van der Waals surface area contributed by atoms with Gasteiger partial charge in [-0.15, -0.1) is 0 Å². The summed E-state index contributed by atoms with van der Waals surface area (Å²) in [5, 5.41) is 0. The number of hydrogen-bond donors (Lipinski definition) is 0. The van der Waals surface area contributed by atoms with Crippen molar-refractivity contribution in [1.82, 2.24) is 0 Å². The van der Waals surface area contributed by atoms with E-state index in [1.54, 1.807) is 0 Å². The predicted octanol–water partition coefficient (Wildman–Crippen LogP) is 3.87. The highest BCUT2D eigenvalue weighted by atomic mass is 16.1. The average molecular weight is 216 g/mol. The Hall–Kier alpha value is -1.11. The van der Waals surface area contributed by atoms with Gasteiger partial charge in [-0.1, -0.05) is 44.0 Å². The van der Waals surface area contributed by atoms with Crippen molar-refractivity contribution in [2.75, 3.05) is 0 Å². The lowest BCUT2D eigenvalue weighted by atomic mass is 9.90. The molecule has 0 heterocycles. The molecule has 1 saturated carbocycles. The molecule has 0 saturated heterocycles. The minimum Gasteiger partial charge on any atom is -0.299 e. The molecular formula is C15H20O. The third-order valence-corrected chi connectivity index (χ3v) is 3.59. The second-order valence-corrected chi connectivity index (χ2v) is 4.71. The Labute approximate surface area is 97.9 Å². The maximum absolute atomic E-state index is 12.0. The van der Waals surface area contributed by atoms with Crippen LogP contribution in [0.25, 0.3) is 0 Å². The number of carbonyl (C=O) groups excluding carboxylic acids is 1. The Bertz CT molecular complexity index is 350. The first-order valence-electron chi connectivity index (χ1n) is 6.43. The lowest BCUT2D eigenvalue weighted by Gasteiger charge is -2.13. The SMILES string of the molecule is CCc1ccc(C2CCCCCC2=O)cc1. The minimum absolute atomic E-state index is 0.174. The Morgan fingerprint density at radius 3 is 2.56 bits per heavy atom. The first-order valence-corrected chi connectivity index (χ1v) is 6.43. The van der Waals surface area contributed by atoms with Crippen LogP contribution in [0.5, 0.6) is 0 Å². The van der Waals surface area contributed by atoms with Crippen LogP contribution in [-0.2, 0) is 11.2 Å². The number of carbonyl (C=O) groups is 1. The molecule has 2 rings (SSSR count). The van der Waals surface area contributed by atoms with Gasteiger partial charge >= 0.3 is 0 Å². The lowest BCUT2D eigenvalue weighted by molar-refractivity contribution is -0.120. The van der Waals surface area contributed by atoms with Gasteiger partial charge < -0.3 is 0 Å². The van der Waals surface area contributed by atoms with Crippen molar-refractivity contribution >= 4 is 5.78 Å². The zero-order valence-electron chi connectivity index (χ0n) is 10.0. The predicted molar refractivity (Wildman–Crippen MR) is 66.7 cm³/mol. The van der Waals surface area contributed by atoms with Crippen molar-refractivity contribution < 1.29 is 4.79 Å². The molecule has 1 nitrogen and oxygen atoms in total. The highest BCUT2D eigenvalue weighted by Gasteiger charge is 2.21. The molecule has 1 heteroatoms. The van der Waals surface area contributed by atoms with Gasteiger partial charge in [-0.3, -0.25) is 4.79 Å². The zero-order valence-corrected chi connectivity index (χ0v) is 10.0. The highest BCUT2D eigenvalue weighted by molar-refractivity contribution is 5.85. The number of aryl methyl sites for hydroxylation is 1. The van der Waals surface area contributed by atoms with Crippen LogP contribution in [0.1, 0.15) is 56.1 Å². The van der Waals surface area contributed by atoms with Gasteiger partial charge in [0.25, 0.3) is 0 Å². The fourth-order valence-electron chi connectivity index (χ4n) is 2.50. The molecule has 0 aliphatic heterocycles. The fourth-order valence-corrected chi connectivity index (χ4v) is 2.50. The molecule has 0 radical (unpaired) electrons. The van der Waals surface area contributed by atoms with Gasteiger partial charge in [-0.25, -0.2) is 0 Å². The van der Waals surface area contributed by atoms with Crippen LogP contribution in [0.2, 0.25) is 0 Å². The van der Waals surface area contributed by atoms with E-state index in [1.807, 2.05) is 0 Å². The quantitative estimate of drug-likeness (QED) is 0.686. The van der Waals surface area contributed by atoms with E-state index in [0.29, 0.717) is 5.78 Å². The van der Waals surface area contributed by atoms with Crippen LogP contribution in [0, 0.1) is 0 Å². The molecule has 0 amide bonds. The van der Waals surface area contributed by atoms with E-state index < -0.39 is 0 Å². The van der Waals surface area contributed by atoms with E-state index in [2.05, 4.69) is 31.2 Å². The van der Waals surface area contributed by atoms with Crippen molar-refractivity contribution in [3.63, 3.8) is 0 Å². The molecule has 0 aromatic heterocycles. The van der Waals surface area contributed by atoms with E-state index in [9.17, 15) is 4.79 Å². The molecule has 1 aromatic rings. The molecule has 1 aromatic carbocycles. The van der Waals surface area contributed by atoms with Gasteiger partial charge in [0, 0.05) is 12.3 Å². The third kappa shape index (κ3) is 2.52. The maximum Gasteiger partial charge on any atom is 0.140 e. The van der Waals surface area contributed by atoms with Gasteiger partial charge in [0.1, 0.15) is 5.78 Å². The summed E-state index contributed by atoms with van der Waals surface area (Å²) < 4.78 is 0. The molecular weight excluding hydrogens is 196 g/mol. The third-order valence-electron chi connectivity index (χ3n) is 3.59. The van der Waals surface area contributed by atoms with E-state index in [0.717, 1.165) is 25.7 Å². The van der Waals surface area contributed by atoms with Crippen molar-refractivity contribution in [2.24, 2.45) is 0 Å². The number of rotatable bonds is 2. The Kier molecular flexibility index (Phi) is 3.76. The monoisotopic (exact) mass is 216 g/mol. The van der Waals surface area contributed by atoms with Gasteiger partial charge in [0.05, 0.1) is 0 Å². The summed E-state index contributed by atoms with van der Waals surface area (Å²) in [5.41, 5.74) is 2.58. The molecule has 16 heavy (non-hydrogen) atoms. The molecule has 1 aliphatic carbocycles. The average Bonchev–Trinajstić information content (AvgIpc) is 2.54. The van der Waals surface area contributed by atoms with Gasteiger partial charge in [-0.05, 0) is 30.4 Å². The first-order chi connectivity index (χ1) is 7.81. The Balaban J connectivity index is 2.17. The van der Waals surface area contributed by atoms with Crippen LogP contribution in [0.15, 0.2) is 24.3 Å². The Morgan fingerprint density at radius 2 is 1.88 bits per heavy atom. The van der Waals surface area contributed by atoms with E-state index >= 15 is 0 Å². The highest BCUT2D eigenvalue weighted by Crippen LogP contribution is 2.29. The summed E-state index contributed by atoms with van der Waals surface area (Å²) in [4.78, 5) is 12.0. The van der Waals surface area contributed by atoms with Crippen LogP contribution in [0.4, 0.5) is 0 Å². The molecule has 1 atom stereocenters. The molecule has 0 N–H and O–H groups in total. The molecule has 0 spiro atoms. The normalized spacial score (nSPS) is 21.8. The van der Waals surface area contributed by atoms with Crippen LogP contribution >= 0.6 is 0 Å². The molecule has 1 aliphatic rings. The molecule has 1 fully saturated rings. The minimum atomic E-state index is 0.174. The number of benzene rings is 1. The number of Topliss-reactive ketones (excluding diaryl/α,β-unsaturated/α-hetero) is 1.